The molecule has 0 radical (unpaired) electrons. The minimum absolute atomic E-state index is 0.130. The lowest BCUT2D eigenvalue weighted by molar-refractivity contribution is -0.184. The third-order valence-electron chi connectivity index (χ3n) is 8.63. The smallest absolute Gasteiger partial charge is 0.172 e. The van der Waals surface area contributed by atoms with Crippen LogP contribution in [0.15, 0.2) is 23.3 Å². The van der Waals surface area contributed by atoms with Crippen molar-refractivity contribution >= 4 is 0 Å². The highest BCUT2D eigenvalue weighted by Crippen LogP contribution is 2.65. The van der Waals surface area contributed by atoms with Gasteiger partial charge in [0.2, 0.25) is 0 Å². The van der Waals surface area contributed by atoms with E-state index in [0.717, 1.165) is 49.9 Å². The first-order valence-electron chi connectivity index (χ1n) is 10.1. The Kier molecular flexibility index (Phi) is 3.35. The van der Waals surface area contributed by atoms with Crippen molar-refractivity contribution in [3.63, 3.8) is 0 Å². The summed E-state index contributed by atoms with van der Waals surface area (Å²) in [5, 5.41) is 9.56. The fourth-order valence-corrected chi connectivity index (χ4v) is 7.09. The molecule has 1 spiro atoms. The summed E-state index contributed by atoms with van der Waals surface area (Å²) in [5.41, 5.74) is 3.09. The number of allylic oxidation sites excluding steroid dienone is 3. The van der Waals surface area contributed by atoms with Gasteiger partial charge in [0.05, 0.1) is 19.3 Å². The van der Waals surface area contributed by atoms with E-state index in [0.29, 0.717) is 11.3 Å². The van der Waals surface area contributed by atoms with Crippen molar-refractivity contribution in [1.29, 1.82) is 5.26 Å². The summed E-state index contributed by atoms with van der Waals surface area (Å²) in [6, 6.07) is 2.51. The van der Waals surface area contributed by atoms with E-state index in [1.54, 1.807) is 5.57 Å². The van der Waals surface area contributed by atoms with Crippen molar-refractivity contribution < 1.29 is 9.47 Å². The molecule has 134 valence electrons. The zero-order valence-corrected chi connectivity index (χ0v) is 15.5. The molecule has 25 heavy (non-hydrogen) atoms. The second-order valence-corrected chi connectivity index (χ2v) is 9.47. The van der Waals surface area contributed by atoms with E-state index in [-0.39, 0.29) is 11.2 Å². The summed E-state index contributed by atoms with van der Waals surface area (Å²) < 4.78 is 12.0. The standard InChI is InChI=1S/C22H29NO2/c1-20-8-7-19-17(18(20)6-4-16(20)14-23)5-3-15-13-22(24-11-12-25-22)10-9-21(15,19)2/h3-4,17-19H,5-13H2,1-2H3/t17-,18-,19+,20-,21-/m1/s1. The van der Waals surface area contributed by atoms with Crippen LogP contribution in [0.25, 0.3) is 0 Å². The predicted molar refractivity (Wildman–Crippen MR) is 95.4 cm³/mol. The highest BCUT2D eigenvalue weighted by Gasteiger charge is 2.58. The summed E-state index contributed by atoms with van der Waals surface area (Å²) >= 11 is 0. The molecule has 4 aliphatic carbocycles. The summed E-state index contributed by atoms with van der Waals surface area (Å²) in [5.74, 6) is 1.83. The Morgan fingerprint density at radius 1 is 1.00 bits per heavy atom. The van der Waals surface area contributed by atoms with Crippen LogP contribution >= 0.6 is 0 Å². The molecule has 0 amide bonds. The molecule has 3 heteroatoms. The van der Waals surface area contributed by atoms with Crippen molar-refractivity contribution in [3.05, 3.63) is 23.3 Å². The number of hydrogen-bond donors (Lipinski definition) is 0. The van der Waals surface area contributed by atoms with Crippen LogP contribution in [0.3, 0.4) is 0 Å². The first-order chi connectivity index (χ1) is 12.0. The molecule has 0 bridgehead atoms. The Labute approximate surface area is 151 Å². The maximum Gasteiger partial charge on any atom is 0.172 e. The fraction of sp³-hybridized carbons (Fsp3) is 0.773. The van der Waals surface area contributed by atoms with E-state index < -0.39 is 0 Å². The van der Waals surface area contributed by atoms with E-state index in [1.807, 2.05) is 0 Å². The second kappa shape index (κ2) is 5.21. The number of ether oxygens (including phenoxy) is 2. The maximum absolute atomic E-state index is 9.56. The van der Waals surface area contributed by atoms with Gasteiger partial charge in [0.25, 0.3) is 0 Å². The van der Waals surface area contributed by atoms with Gasteiger partial charge in [0, 0.05) is 23.8 Å². The van der Waals surface area contributed by atoms with E-state index in [2.05, 4.69) is 32.1 Å². The van der Waals surface area contributed by atoms with E-state index in [4.69, 9.17) is 9.47 Å². The Bertz CT molecular complexity index is 695. The van der Waals surface area contributed by atoms with Crippen molar-refractivity contribution in [2.75, 3.05) is 13.2 Å². The lowest BCUT2D eigenvalue weighted by atomic mass is 9.47. The molecule has 0 aromatic rings. The van der Waals surface area contributed by atoms with Gasteiger partial charge in [0.15, 0.2) is 5.79 Å². The van der Waals surface area contributed by atoms with Crippen LogP contribution in [0.5, 0.6) is 0 Å². The van der Waals surface area contributed by atoms with Crippen LogP contribution in [0.1, 0.15) is 58.8 Å². The SMILES string of the molecule is C[C@]12CC[C@H]3[C@H](CC=C4CC5(CC[C@]43C)OCCO5)[C@H]1CC=C2C#N. The molecule has 1 saturated heterocycles. The number of nitrogens with zero attached hydrogens (tertiary/aromatic N) is 1. The molecular weight excluding hydrogens is 310 g/mol. The Hall–Kier alpha value is -1.11. The lowest BCUT2D eigenvalue weighted by Crippen LogP contribution is -2.52. The zero-order chi connectivity index (χ0) is 17.3. The van der Waals surface area contributed by atoms with Gasteiger partial charge in [-0.2, -0.15) is 5.26 Å². The summed E-state index contributed by atoms with van der Waals surface area (Å²) in [4.78, 5) is 0. The number of rotatable bonds is 0. The molecule has 3 nitrogen and oxygen atoms in total. The van der Waals surface area contributed by atoms with Crippen molar-refractivity contribution in [1.82, 2.24) is 0 Å². The van der Waals surface area contributed by atoms with Crippen molar-refractivity contribution in [2.24, 2.45) is 28.6 Å². The molecule has 0 aromatic carbocycles. The van der Waals surface area contributed by atoms with Crippen LogP contribution in [-0.4, -0.2) is 19.0 Å². The third-order valence-corrected chi connectivity index (χ3v) is 8.63. The molecule has 0 unspecified atom stereocenters. The summed E-state index contributed by atoms with van der Waals surface area (Å²) in [6.45, 7) is 6.36. The number of nitriles is 1. The van der Waals surface area contributed by atoms with E-state index in [9.17, 15) is 5.26 Å². The van der Waals surface area contributed by atoms with Crippen LogP contribution in [0.2, 0.25) is 0 Å². The van der Waals surface area contributed by atoms with E-state index >= 15 is 0 Å². The van der Waals surface area contributed by atoms with Gasteiger partial charge in [-0.15, -0.1) is 0 Å². The first kappa shape index (κ1) is 16.1. The first-order valence-corrected chi connectivity index (χ1v) is 10.1. The van der Waals surface area contributed by atoms with Gasteiger partial charge in [-0.05, 0) is 55.3 Å². The average molecular weight is 339 g/mol. The quantitative estimate of drug-likeness (QED) is 0.598. The molecular formula is C22H29NO2. The predicted octanol–water partition coefficient (Wildman–Crippen LogP) is 4.75. The summed E-state index contributed by atoms with van der Waals surface area (Å²) in [7, 11) is 0. The molecule has 0 N–H and O–H groups in total. The van der Waals surface area contributed by atoms with Gasteiger partial charge in [-0.25, -0.2) is 0 Å². The molecule has 1 aliphatic heterocycles. The largest absolute Gasteiger partial charge is 0.347 e. The second-order valence-electron chi connectivity index (χ2n) is 9.47. The lowest BCUT2D eigenvalue weighted by Gasteiger charge is -2.58. The number of fused-ring (bicyclic) bond motifs is 5. The van der Waals surface area contributed by atoms with Gasteiger partial charge >= 0.3 is 0 Å². The molecule has 5 atom stereocenters. The Balaban J connectivity index is 1.46. The number of hydrogen-bond acceptors (Lipinski definition) is 3. The van der Waals surface area contributed by atoms with Gasteiger partial charge in [-0.1, -0.05) is 31.6 Å². The minimum Gasteiger partial charge on any atom is -0.347 e. The topological polar surface area (TPSA) is 42.2 Å². The normalized spacial score (nSPS) is 47.3. The molecule has 5 rings (SSSR count). The highest BCUT2D eigenvalue weighted by molar-refractivity contribution is 5.37. The van der Waals surface area contributed by atoms with E-state index in [1.165, 1.54) is 25.7 Å². The molecule has 5 aliphatic rings. The summed E-state index contributed by atoms with van der Waals surface area (Å²) in [6.07, 6.45) is 12.7. The third kappa shape index (κ3) is 2.04. The molecule has 0 aromatic heterocycles. The highest BCUT2D eigenvalue weighted by atomic mass is 16.7. The van der Waals surface area contributed by atoms with Gasteiger partial charge < -0.3 is 9.47 Å². The van der Waals surface area contributed by atoms with Crippen LogP contribution in [-0.2, 0) is 9.47 Å². The minimum atomic E-state index is -0.315. The molecule has 1 heterocycles. The Morgan fingerprint density at radius 3 is 2.56 bits per heavy atom. The van der Waals surface area contributed by atoms with Crippen molar-refractivity contribution in [3.8, 4) is 6.07 Å². The fourth-order valence-electron chi connectivity index (χ4n) is 7.09. The van der Waals surface area contributed by atoms with Gasteiger partial charge in [-0.3, -0.25) is 0 Å². The van der Waals surface area contributed by atoms with Crippen LogP contribution in [0.4, 0.5) is 0 Å². The van der Waals surface area contributed by atoms with Crippen LogP contribution in [0, 0.1) is 39.9 Å². The zero-order valence-electron chi connectivity index (χ0n) is 15.5. The van der Waals surface area contributed by atoms with Crippen LogP contribution < -0.4 is 0 Å². The van der Waals surface area contributed by atoms with Crippen molar-refractivity contribution in [2.45, 2.75) is 64.6 Å². The van der Waals surface area contributed by atoms with Gasteiger partial charge in [0.1, 0.15) is 0 Å². The monoisotopic (exact) mass is 339 g/mol. The molecule has 2 saturated carbocycles. The average Bonchev–Trinajstić information content (AvgIpc) is 3.19. The molecule has 3 fully saturated rings. The Morgan fingerprint density at radius 2 is 1.80 bits per heavy atom. The maximum atomic E-state index is 9.56.